The number of fused-ring (bicyclic) bond motifs is 1. The first-order valence-electron chi connectivity index (χ1n) is 9.19. The third kappa shape index (κ3) is 3.98. The first-order chi connectivity index (χ1) is 11.7. The van der Waals surface area contributed by atoms with E-state index in [1.807, 2.05) is 18.0 Å². The first kappa shape index (κ1) is 18.2. The summed E-state index contributed by atoms with van der Waals surface area (Å²) in [6.45, 7) is 10.6. The van der Waals surface area contributed by atoms with Crippen LogP contribution in [0.3, 0.4) is 0 Å². The van der Waals surface area contributed by atoms with Gasteiger partial charge in [0.05, 0.1) is 12.7 Å². The summed E-state index contributed by atoms with van der Waals surface area (Å²) in [6, 6.07) is 0. The third-order valence-corrected chi connectivity index (χ3v) is 5.08. The zero-order valence-corrected chi connectivity index (χ0v) is 15.7. The SMILES string of the molecule is CCn1cc2c(n1)C(O)CC1(CCN(C(=O)CNC(C)(C)C)CC1)O2. The number of aliphatic hydroxyl groups is 1. The summed E-state index contributed by atoms with van der Waals surface area (Å²) in [5, 5.41) is 18.1. The van der Waals surface area contributed by atoms with Crippen LogP contribution in [-0.4, -0.2) is 56.5 Å². The number of likely N-dealkylation sites (tertiary alicyclic amines) is 1. The highest BCUT2D eigenvalue weighted by molar-refractivity contribution is 5.78. The molecule has 0 aliphatic carbocycles. The van der Waals surface area contributed by atoms with Crippen LogP contribution in [0.5, 0.6) is 5.75 Å². The van der Waals surface area contributed by atoms with Crippen LogP contribution in [0.4, 0.5) is 0 Å². The van der Waals surface area contributed by atoms with Crippen LogP contribution < -0.4 is 10.1 Å². The Morgan fingerprint density at radius 3 is 2.72 bits per heavy atom. The van der Waals surface area contributed by atoms with Crippen LogP contribution >= 0.6 is 0 Å². The van der Waals surface area contributed by atoms with E-state index in [0.29, 0.717) is 37.5 Å². The molecule has 1 saturated heterocycles. The molecule has 0 saturated carbocycles. The quantitative estimate of drug-likeness (QED) is 0.863. The van der Waals surface area contributed by atoms with Gasteiger partial charge in [-0.15, -0.1) is 0 Å². The zero-order valence-electron chi connectivity index (χ0n) is 15.7. The molecule has 2 N–H and O–H groups in total. The number of carbonyl (C=O) groups is 1. The van der Waals surface area contributed by atoms with Gasteiger partial charge < -0.3 is 20.1 Å². The van der Waals surface area contributed by atoms with Crippen molar-refractivity contribution in [2.75, 3.05) is 19.6 Å². The average molecular weight is 350 g/mol. The summed E-state index contributed by atoms with van der Waals surface area (Å²) >= 11 is 0. The first-order valence-corrected chi connectivity index (χ1v) is 9.19. The minimum Gasteiger partial charge on any atom is -0.483 e. The van der Waals surface area contributed by atoms with Gasteiger partial charge in [0, 0.05) is 44.4 Å². The van der Waals surface area contributed by atoms with Gasteiger partial charge in [-0.2, -0.15) is 5.10 Å². The lowest BCUT2D eigenvalue weighted by Crippen LogP contribution is -2.53. The molecule has 3 heterocycles. The van der Waals surface area contributed by atoms with Crippen molar-refractivity contribution in [1.82, 2.24) is 20.0 Å². The van der Waals surface area contributed by atoms with E-state index < -0.39 is 6.10 Å². The number of aromatic nitrogens is 2. The van der Waals surface area contributed by atoms with E-state index in [9.17, 15) is 9.90 Å². The Hall–Kier alpha value is -1.60. The maximum atomic E-state index is 12.4. The van der Waals surface area contributed by atoms with Crippen molar-refractivity contribution in [3.05, 3.63) is 11.9 Å². The number of hydrogen-bond donors (Lipinski definition) is 2. The zero-order chi connectivity index (χ0) is 18.2. The van der Waals surface area contributed by atoms with Crippen molar-refractivity contribution >= 4 is 5.91 Å². The van der Waals surface area contributed by atoms with Gasteiger partial charge in [-0.05, 0) is 27.7 Å². The number of hydrogen-bond acceptors (Lipinski definition) is 5. The molecule has 1 atom stereocenters. The fourth-order valence-corrected chi connectivity index (χ4v) is 3.54. The van der Waals surface area contributed by atoms with Gasteiger partial charge in [0.25, 0.3) is 0 Å². The number of carbonyl (C=O) groups excluding carboxylic acids is 1. The molecule has 1 unspecified atom stereocenters. The van der Waals surface area contributed by atoms with E-state index >= 15 is 0 Å². The van der Waals surface area contributed by atoms with Crippen molar-refractivity contribution in [2.45, 2.75) is 70.7 Å². The molecule has 140 valence electrons. The van der Waals surface area contributed by atoms with Crippen LogP contribution in [0, 0.1) is 0 Å². The Labute approximate surface area is 149 Å². The van der Waals surface area contributed by atoms with E-state index in [-0.39, 0.29) is 17.0 Å². The van der Waals surface area contributed by atoms with Crippen LogP contribution in [-0.2, 0) is 11.3 Å². The van der Waals surface area contributed by atoms with Crippen molar-refractivity contribution in [1.29, 1.82) is 0 Å². The van der Waals surface area contributed by atoms with Gasteiger partial charge in [0.2, 0.25) is 5.91 Å². The maximum absolute atomic E-state index is 12.4. The summed E-state index contributed by atoms with van der Waals surface area (Å²) < 4.78 is 8.05. The van der Waals surface area contributed by atoms with E-state index in [4.69, 9.17) is 4.74 Å². The summed E-state index contributed by atoms with van der Waals surface area (Å²) in [6.07, 6.45) is 3.29. The normalized spacial score (nSPS) is 22.6. The van der Waals surface area contributed by atoms with Gasteiger partial charge in [0.15, 0.2) is 5.75 Å². The average Bonchev–Trinajstić information content (AvgIpc) is 2.96. The van der Waals surface area contributed by atoms with Gasteiger partial charge in [-0.3, -0.25) is 9.48 Å². The summed E-state index contributed by atoms with van der Waals surface area (Å²) in [7, 11) is 0. The van der Waals surface area contributed by atoms with Crippen LogP contribution in [0.15, 0.2) is 6.20 Å². The standard InChI is InChI=1S/C18H30N4O3/c1-5-22-12-14-16(20-22)13(23)10-18(25-14)6-8-21(9-7-18)15(24)11-19-17(2,3)4/h12-13,19,23H,5-11H2,1-4H3. The summed E-state index contributed by atoms with van der Waals surface area (Å²) in [5.74, 6) is 0.815. The van der Waals surface area contributed by atoms with Gasteiger partial charge in [0.1, 0.15) is 17.4 Å². The molecule has 25 heavy (non-hydrogen) atoms. The Morgan fingerprint density at radius 2 is 2.12 bits per heavy atom. The summed E-state index contributed by atoms with van der Waals surface area (Å²) in [4.78, 5) is 14.3. The fraction of sp³-hybridized carbons (Fsp3) is 0.778. The molecule has 2 aliphatic heterocycles. The van der Waals surface area contributed by atoms with Gasteiger partial charge in [-0.25, -0.2) is 0 Å². The molecule has 0 bridgehead atoms. The predicted molar refractivity (Wildman–Crippen MR) is 94.4 cm³/mol. The lowest BCUT2D eigenvalue weighted by atomic mass is 9.83. The van der Waals surface area contributed by atoms with Gasteiger partial charge in [-0.1, -0.05) is 0 Å². The van der Waals surface area contributed by atoms with Crippen molar-refractivity contribution in [2.24, 2.45) is 0 Å². The van der Waals surface area contributed by atoms with Crippen molar-refractivity contribution < 1.29 is 14.6 Å². The Kier molecular flexibility index (Phi) is 4.81. The highest BCUT2D eigenvalue weighted by atomic mass is 16.5. The molecule has 1 amide bonds. The molecule has 2 aliphatic rings. The monoisotopic (exact) mass is 350 g/mol. The van der Waals surface area contributed by atoms with E-state index in [0.717, 1.165) is 19.4 Å². The van der Waals surface area contributed by atoms with Crippen LogP contribution in [0.1, 0.15) is 58.8 Å². The van der Waals surface area contributed by atoms with Gasteiger partial charge >= 0.3 is 0 Å². The van der Waals surface area contributed by atoms with Crippen LogP contribution in [0.25, 0.3) is 0 Å². The second kappa shape index (κ2) is 6.61. The molecule has 3 rings (SSSR count). The topological polar surface area (TPSA) is 79.6 Å². The number of nitrogens with one attached hydrogen (secondary N) is 1. The number of rotatable bonds is 3. The van der Waals surface area contributed by atoms with Crippen molar-refractivity contribution in [3.8, 4) is 5.75 Å². The number of aliphatic hydroxyl groups excluding tert-OH is 1. The Bertz CT molecular complexity index is 627. The molecule has 0 aromatic carbocycles. The molecule has 7 heteroatoms. The highest BCUT2D eigenvalue weighted by Crippen LogP contribution is 2.43. The molecule has 1 spiro atoms. The lowest BCUT2D eigenvalue weighted by molar-refractivity contribution is -0.135. The van der Waals surface area contributed by atoms with E-state index in [1.165, 1.54) is 0 Å². The minimum atomic E-state index is -0.596. The van der Waals surface area contributed by atoms with E-state index in [1.54, 1.807) is 4.68 Å². The fourth-order valence-electron chi connectivity index (χ4n) is 3.54. The molecule has 1 aromatic heterocycles. The summed E-state index contributed by atoms with van der Waals surface area (Å²) in [5.41, 5.74) is 0.182. The maximum Gasteiger partial charge on any atom is 0.236 e. The third-order valence-electron chi connectivity index (χ3n) is 5.08. The predicted octanol–water partition coefficient (Wildman–Crippen LogP) is 1.47. The second-order valence-electron chi connectivity index (χ2n) is 8.22. The second-order valence-corrected chi connectivity index (χ2v) is 8.22. The minimum absolute atomic E-state index is 0.0703. The number of piperidine rings is 1. The molecular weight excluding hydrogens is 320 g/mol. The largest absolute Gasteiger partial charge is 0.483 e. The molecular formula is C18H30N4O3. The molecule has 1 aromatic rings. The Morgan fingerprint density at radius 1 is 1.44 bits per heavy atom. The molecule has 7 nitrogen and oxygen atoms in total. The smallest absolute Gasteiger partial charge is 0.236 e. The lowest BCUT2D eigenvalue weighted by Gasteiger charge is -2.44. The van der Waals surface area contributed by atoms with Crippen molar-refractivity contribution in [3.63, 3.8) is 0 Å². The number of ether oxygens (including phenoxy) is 1. The highest BCUT2D eigenvalue weighted by Gasteiger charge is 2.44. The Balaban J connectivity index is 1.61. The molecule has 0 radical (unpaired) electrons. The molecule has 1 fully saturated rings. The number of amides is 1. The van der Waals surface area contributed by atoms with E-state index in [2.05, 4.69) is 31.2 Å². The van der Waals surface area contributed by atoms with Crippen LogP contribution in [0.2, 0.25) is 0 Å². The number of aryl methyl sites for hydroxylation is 1. The number of nitrogens with zero attached hydrogens (tertiary/aromatic N) is 3.